The van der Waals surface area contributed by atoms with Gasteiger partial charge in [0, 0.05) is 6.61 Å². The van der Waals surface area contributed by atoms with E-state index in [4.69, 9.17) is 9.47 Å². The summed E-state index contributed by atoms with van der Waals surface area (Å²) in [6.45, 7) is 4.16. The van der Waals surface area contributed by atoms with Crippen molar-refractivity contribution in [3.05, 3.63) is 12.7 Å². The molecule has 1 aliphatic heterocycles. The maximum Gasteiger partial charge on any atom is 0.114 e. The smallest absolute Gasteiger partial charge is 0.114 e. The molecule has 0 aromatic rings. The molecule has 0 aliphatic carbocycles. The molecule has 0 bridgehead atoms. The van der Waals surface area contributed by atoms with Crippen molar-refractivity contribution in [2.24, 2.45) is 0 Å². The zero-order valence-corrected chi connectivity index (χ0v) is 14.2. The van der Waals surface area contributed by atoms with Crippen LogP contribution in [0.15, 0.2) is 12.7 Å². The molecule has 0 amide bonds. The molecule has 0 saturated carbocycles. The van der Waals surface area contributed by atoms with Crippen molar-refractivity contribution in [2.45, 2.75) is 82.2 Å². The zero-order chi connectivity index (χ0) is 16.9. The van der Waals surface area contributed by atoms with Gasteiger partial charge in [-0.05, 0) is 19.3 Å². The summed E-state index contributed by atoms with van der Waals surface area (Å²) in [7, 11) is 0. The summed E-state index contributed by atoms with van der Waals surface area (Å²) >= 11 is 0. The predicted octanol–water partition coefficient (Wildman–Crippen LogP) is 2.18. The van der Waals surface area contributed by atoms with Gasteiger partial charge in [0.05, 0.1) is 13.2 Å². The fourth-order valence-electron chi connectivity index (χ4n) is 2.89. The molecule has 1 aliphatic rings. The maximum absolute atomic E-state index is 9.76. The zero-order valence-electron chi connectivity index (χ0n) is 14.2. The van der Waals surface area contributed by atoms with Crippen LogP contribution in [-0.4, -0.2) is 59.6 Å². The van der Waals surface area contributed by atoms with Crippen molar-refractivity contribution in [1.82, 2.24) is 0 Å². The molecule has 0 aromatic heterocycles. The lowest BCUT2D eigenvalue weighted by atomic mass is 10.1. The summed E-state index contributed by atoms with van der Waals surface area (Å²) < 4.78 is 10.9. The molecule has 0 spiro atoms. The standard InChI is InChI=1S/C18H34O5/c1-2-3-4-5-6-7-8-9-10-11-12-22-16(13-19)18-17(21)15(20)14-23-18/h2,15-21H,1,3-14H2/t15-,16+,17+,18+/m1/s1. The van der Waals surface area contributed by atoms with E-state index in [0.29, 0.717) is 6.61 Å². The van der Waals surface area contributed by atoms with Crippen LogP contribution in [0.4, 0.5) is 0 Å². The Morgan fingerprint density at radius 3 is 2.17 bits per heavy atom. The predicted molar refractivity (Wildman–Crippen MR) is 90.3 cm³/mol. The van der Waals surface area contributed by atoms with Crippen molar-refractivity contribution in [3.63, 3.8) is 0 Å². The monoisotopic (exact) mass is 330 g/mol. The first-order valence-corrected chi connectivity index (χ1v) is 9.01. The lowest BCUT2D eigenvalue weighted by molar-refractivity contribution is -0.101. The molecule has 5 heteroatoms. The van der Waals surface area contributed by atoms with Gasteiger partial charge in [-0.25, -0.2) is 0 Å². The van der Waals surface area contributed by atoms with Gasteiger partial charge in [0.15, 0.2) is 0 Å². The molecule has 3 N–H and O–H groups in total. The topological polar surface area (TPSA) is 79.2 Å². The molecule has 5 nitrogen and oxygen atoms in total. The van der Waals surface area contributed by atoms with Gasteiger partial charge in [0.2, 0.25) is 0 Å². The first-order valence-electron chi connectivity index (χ1n) is 9.01. The van der Waals surface area contributed by atoms with E-state index in [-0.39, 0.29) is 13.2 Å². The van der Waals surface area contributed by atoms with Crippen LogP contribution < -0.4 is 0 Å². The van der Waals surface area contributed by atoms with E-state index in [1.807, 2.05) is 6.08 Å². The number of aliphatic hydroxyl groups excluding tert-OH is 3. The van der Waals surface area contributed by atoms with E-state index in [1.165, 1.54) is 38.5 Å². The Morgan fingerprint density at radius 1 is 1.04 bits per heavy atom. The third-order valence-electron chi connectivity index (χ3n) is 4.37. The average Bonchev–Trinajstić information content (AvgIpc) is 2.88. The maximum atomic E-state index is 9.76. The van der Waals surface area contributed by atoms with E-state index < -0.39 is 24.4 Å². The molecule has 1 rings (SSSR count). The number of unbranched alkanes of at least 4 members (excludes halogenated alkanes) is 8. The first kappa shape index (κ1) is 20.6. The largest absolute Gasteiger partial charge is 0.394 e. The summed E-state index contributed by atoms with van der Waals surface area (Å²) in [6.07, 6.45) is 9.70. The lowest BCUT2D eigenvalue weighted by Gasteiger charge is -2.24. The molecule has 23 heavy (non-hydrogen) atoms. The molecule has 0 radical (unpaired) electrons. The quantitative estimate of drug-likeness (QED) is 0.336. The number of hydrogen-bond acceptors (Lipinski definition) is 5. The van der Waals surface area contributed by atoms with E-state index in [1.54, 1.807) is 0 Å². The average molecular weight is 330 g/mol. The molecular weight excluding hydrogens is 296 g/mol. The van der Waals surface area contributed by atoms with Gasteiger partial charge in [-0.3, -0.25) is 0 Å². The third-order valence-corrected chi connectivity index (χ3v) is 4.37. The lowest BCUT2D eigenvalue weighted by Crippen LogP contribution is -2.42. The van der Waals surface area contributed by atoms with E-state index in [2.05, 4.69) is 6.58 Å². The highest BCUT2D eigenvalue weighted by Crippen LogP contribution is 2.20. The van der Waals surface area contributed by atoms with E-state index in [9.17, 15) is 15.3 Å². The Morgan fingerprint density at radius 2 is 1.65 bits per heavy atom. The Hall–Kier alpha value is -0.460. The summed E-state index contributed by atoms with van der Waals surface area (Å²) in [5, 5.41) is 28.6. The first-order chi connectivity index (χ1) is 11.2. The van der Waals surface area contributed by atoms with Crippen LogP contribution in [0.5, 0.6) is 0 Å². The van der Waals surface area contributed by atoms with Gasteiger partial charge in [-0.15, -0.1) is 6.58 Å². The van der Waals surface area contributed by atoms with Crippen molar-refractivity contribution in [2.75, 3.05) is 19.8 Å². The van der Waals surface area contributed by atoms with Crippen LogP contribution in [0.25, 0.3) is 0 Å². The van der Waals surface area contributed by atoms with Crippen LogP contribution >= 0.6 is 0 Å². The van der Waals surface area contributed by atoms with Crippen molar-refractivity contribution in [3.8, 4) is 0 Å². The van der Waals surface area contributed by atoms with Gasteiger partial charge in [-0.2, -0.15) is 0 Å². The Balaban J connectivity index is 1.96. The molecule has 0 aromatic carbocycles. The Labute approximate surface area is 140 Å². The van der Waals surface area contributed by atoms with Gasteiger partial charge >= 0.3 is 0 Å². The summed E-state index contributed by atoms with van der Waals surface area (Å²) in [5.74, 6) is 0. The van der Waals surface area contributed by atoms with E-state index in [0.717, 1.165) is 19.3 Å². The van der Waals surface area contributed by atoms with Crippen LogP contribution in [0.1, 0.15) is 57.8 Å². The molecule has 1 saturated heterocycles. The van der Waals surface area contributed by atoms with Gasteiger partial charge in [0.1, 0.15) is 24.4 Å². The highest BCUT2D eigenvalue weighted by molar-refractivity contribution is 4.88. The van der Waals surface area contributed by atoms with Gasteiger partial charge < -0.3 is 24.8 Å². The fraction of sp³-hybridized carbons (Fsp3) is 0.889. The summed E-state index contributed by atoms with van der Waals surface area (Å²) in [6, 6.07) is 0. The van der Waals surface area contributed by atoms with E-state index >= 15 is 0 Å². The highest BCUT2D eigenvalue weighted by atomic mass is 16.6. The van der Waals surface area contributed by atoms with Crippen LogP contribution in [0.2, 0.25) is 0 Å². The number of hydrogen-bond donors (Lipinski definition) is 3. The van der Waals surface area contributed by atoms with Crippen LogP contribution in [0, 0.1) is 0 Å². The fourth-order valence-corrected chi connectivity index (χ4v) is 2.89. The van der Waals surface area contributed by atoms with Crippen molar-refractivity contribution < 1.29 is 24.8 Å². The van der Waals surface area contributed by atoms with Crippen molar-refractivity contribution >= 4 is 0 Å². The summed E-state index contributed by atoms with van der Waals surface area (Å²) in [5.41, 5.74) is 0. The third kappa shape index (κ3) is 8.27. The molecular formula is C18H34O5. The van der Waals surface area contributed by atoms with Crippen LogP contribution in [0.3, 0.4) is 0 Å². The molecule has 136 valence electrons. The van der Waals surface area contributed by atoms with Crippen molar-refractivity contribution in [1.29, 1.82) is 0 Å². The van der Waals surface area contributed by atoms with Crippen LogP contribution in [-0.2, 0) is 9.47 Å². The second-order valence-corrected chi connectivity index (χ2v) is 6.35. The summed E-state index contributed by atoms with van der Waals surface area (Å²) in [4.78, 5) is 0. The Kier molecular flexibility index (Phi) is 11.5. The SMILES string of the molecule is C=CCCCCCCCCCCO[C@@H](CO)[C@@H]1OC[C@@H](O)[C@@H]1O. The normalized spacial score (nSPS) is 25.6. The highest BCUT2D eigenvalue weighted by Gasteiger charge is 2.40. The Bertz CT molecular complexity index is 297. The number of aliphatic hydroxyl groups is 3. The second-order valence-electron chi connectivity index (χ2n) is 6.35. The van der Waals surface area contributed by atoms with Gasteiger partial charge in [0.25, 0.3) is 0 Å². The molecule has 0 unspecified atom stereocenters. The minimum absolute atomic E-state index is 0.0957. The molecule has 4 atom stereocenters. The number of allylic oxidation sites excluding steroid dienone is 1. The number of ether oxygens (including phenoxy) is 2. The minimum Gasteiger partial charge on any atom is -0.394 e. The second kappa shape index (κ2) is 12.9. The number of rotatable bonds is 14. The van der Waals surface area contributed by atoms with Gasteiger partial charge in [-0.1, -0.05) is 44.6 Å². The molecule has 1 heterocycles. The minimum atomic E-state index is -0.978. The molecule has 1 fully saturated rings.